The summed E-state index contributed by atoms with van der Waals surface area (Å²) in [5.41, 5.74) is 2.19. The average molecular weight is 279 g/mol. The molecule has 20 heavy (non-hydrogen) atoms. The standard InChI is InChI=1S/C16H25NO3/c1-10(2)14-7-6-11(3)15(8-14)20-13(5)16(19)17-12(4)9-18/h6-8,10,12-13,18H,9H2,1-5H3,(H,17,19). The number of hydrogen-bond acceptors (Lipinski definition) is 3. The van der Waals surface area contributed by atoms with E-state index in [4.69, 9.17) is 9.84 Å². The van der Waals surface area contributed by atoms with Crippen LogP contribution < -0.4 is 10.1 Å². The largest absolute Gasteiger partial charge is 0.481 e. The van der Waals surface area contributed by atoms with E-state index in [1.54, 1.807) is 13.8 Å². The molecule has 112 valence electrons. The van der Waals surface area contributed by atoms with Crippen LogP contribution in [0.1, 0.15) is 44.7 Å². The third kappa shape index (κ3) is 4.53. The summed E-state index contributed by atoms with van der Waals surface area (Å²) in [6.45, 7) is 9.57. The van der Waals surface area contributed by atoms with Gasteiger partial charge in [0.15, 0.2) is 6.10 Å². The van der Waals surface area contributed by atoms with Gasteiger partial charge in [0.2, 0.25) is 0 Å². The van der Waals surface area contributed by atoms with Crippen molar-refractivity contribution in [1.82, 2.24) is 5.32 Å². The van der Waals surface area contributed by atoms with Gasteiger partial charge in [-0.05, 0) is 43.9 Å². The summed E-state index contributed by atoms with van der Waals surface area (Å²) in [5.74, 6) is 0.924. The Labute approximate surface area is 121 Å². The van der Waals surface area contributed by atoms with Gasteiger partial charge in [0.05, 0.1) is 6.61 Å². The van der Waals surface area contributed by atoms with Gasteiger partial charge in [-0.25, -0.2) is 0 Å². The van der Waals surface area contributed by atoms with Crippen LogP contribution in [0.4, 0.5) is 0 Å². The van der Waals surface area contributed by atoms with Crippen LogP contribution in [0.25, 0.3) is 0 Å². The Bertz CT molecular complexity index is 457. The molecule has 0 aliphatic carbocycles. The van der Waals surface area contributed by atoms with Gasteiger partial charge in [0.1, 0.15) is 5.75 Å². The third-order valence-corrected chi connectivity index (χ3v) is 3.21. The first-order valence-electron chi connectivity index (χ1n) is 7.03. The van der Waals surface area contributed by atoms with Gasteiger partial charge in [-0.15, -0.1) is 0 Å². The number of benzene rings is 1. The first-order valence-corrected chi connectivity index (χ1v) is 7.03. The van der Waals surface area contributed by atoms with Crippen LogP contribution in [0, 0.1) is 6.92 Å². The van der Waals surface area contributed by atoms with Crippen LogP contribution in [0.5, 0.6) is 5.75 Å². The number of ether oxygens (including phenoxy) is 1. The molecule has 1 aromatic carbocycles. The smallest absolute Gasteiger partial charge is 0.261 e. The van der Waals surface area contributed by atoms with E-state index >= 15 is 0 Å². The van der Waals surface area contributed by atoms with Gasteiger partial charge in [-0.2, -0.15) is 0 Å². The zero-order valence-electron chi connectivity index (χ0n) is 12.9. The maximum atomic E-state index is 11.9. The molecule has 0 aromatic heterocycles. The maximum absolute atomic E-state index is 11.9. The highest BCUT2D eigenvalue weighted by molar-refractivity contribution is 5.81. The molecule has 1 amide bonds. The van der Waals surface area contributed by atoms with E-state index in [9.17, 15) is 4.79 Å². The second kappa shape index (κ2) is 7.29. The second-order valence-electron chi connectivity index (χ2n) is 5.53. The van der Waals surface area contributed by atoms with Crippen molar-refractivity contribution >= 4 is 5.91 Å². The summed E-state index contributed by atoms with van der Waals surface area (Å²) in [4.78, 5) is 11.9. The molecule has 1 rings (SSSR count). The van der Waals surface area contributed by atoms with Gasteiger partial charge < -0.3 is 15.2 Å². The Morgan fingerprint density at radius 3 is 2.50 bits per heavy atom. The lowest BCUT2D eigenvalue weighted by Crippen LogP contribution is -2.42. The minimum atomic E-state index is -0.592. The number of aliphatic hydroxyl groups excluding tert-OH is 1. The normalized spacial score (nSPS) is 13.9. The summed E-state index contributed by atoms with van der Waals surface area (Å²) >= 11 is 0. The number of rotatable bonds is 6. The highest BCUT2D eigenvalue weighted by Crippen LogP contribution is 2.25. The summed E-state index contributed by atoms with van der Waals surface area (Å²) in [6, 6.07) is 5.80. The lowest BCUT2D eigenvalue weighted by Gasteiger charge is -2.19. The number of nitrogens with one attached hydrogen (secondary N) is 1. The molecule has 0 fully saturated rings. The van der Waals surface area contributed by atoms with Crippen molar-refractivity contribution in [2.75, 3.05) is 6.61 Å². The van der Waals surface area contributed by atoms with Crippen molar-refractivity contribution in [2.24, 2.45) is 0 Å². The van der Waals surface area contributed by atoms with E-state index in [2.05, 4.69) is 25.2 Å². The molecule has 2 N–H and O–H groups in total. The van der Waals surface area contributed by atoms with Crippen molar-refractivity contribution in [3.63, 3.8) is 0 Å². The molecule has 4 heteroatoms. The second-order valence-corrected chi connectivity index (χ2v) is 5.53. The van der Waals surface area contributed by atoms with E-state index in [1.165, 1.54) is 5.56 Å². The molecule has 0 aliphatic rings. The highest BCUT2D eigenvalue weighted by atomic mass is 16.5. The number of hydrogen-bond donors (Lipinski definition) is 2. The van der Waals surface area contributed by atoms with Gasteiger partial charge in [0.25, 0.3) is 5.91 Å². The van der Waals surface area contributed by atoms with Gasteiger partial charge >= 0.3 is 0 Å². The maximum Gasteiger partial charge on any atom is 0.261 e. The Hall–Kier alpha value is -1.55. The van der Waals surface area contributed by atoms with Gasteiger partial charge in [0, 0.05) is 6.04 Å². The molecule has 0 radical (unpaired) electrons. The first kappa shape index (κ1) is 16.5. The lowest BCUT2D eigenvalue weighted by molar-refractivity contribution is -0.128. The molecule has 0 heterocycles. The SMILES string of the molecule is Cc1ccc(C(C)C)cc1OC(C)C(=O)NC(C)CO. The van der Waals surface area contributed by atoms with Crippen LogP contribution in [-0.4, -0.2) is 29.8 Å². The van der Waals surface area contributed by atoms with Crippen LogP contribution in [-0.2, 0) is 4.79 Å². The zero-order chi connectivity index (χ0) is 15.3. The molecule has 0 aliphatic heterocycles. The van der Waals surface area contributed by atoms with E-state index in [1.807, 2.05) is 19.1 Å². The minimum Gasteiger partial charge on any atom is -0.481 e. The topological polar surface area (TPSA) is 58.6 Å². The van der Waals surface area contributed by atoms with Gasteiger partial charge in [-0.1, -0.05) is 26.0 Å². The zero-order valence-corrected chi connectivity index (χ0v) is 12.9. The summed E-state index contributed by atoms with van der Waals surface area (Å²) < 4.78 is 5.75. The fourth-order valence-electron chi connectivity index (χ4n) is 1.75. The molecule has 2 atom stereocenters. The van der Waals surface area contributed by atoms with Crippen molar-refractivity contribution in [3.8, 4) is 5.75 Å². The monoisotopic (exact) mass is 279 g/mol. The fourth-order valence-corrected chi connectivity index (χ4v) is 1.75. The van der Waals surface area contributed by atoms with Gasteiger partial charge in [-0.3, -0.25) is 4.79 Å². The summed E-state index contributed by atoms with van der Waals surface area (Å²) in [5, 5.41) is 11.6. The Balaban J connectivity index is 2.77. The molecular formula is C16H25NO3. The predicted molar refractivity (Wildman–Crippen MR) is 80.0 cm³/mol. The molecular weight excluding hydrogens is 254 g/mol. The van der Waals surface area contributed by atoms with Crippen LogP contribution >= 0.6 is 0 Å². The summed E-state index contributed by atoms with van der Waals surface area (Å²) in [7, 11) is 0. The number of carbonyl (C=O) groups excluding carboxylic acids is 1. The minimum absolute atomic E-state index is 0.0830. The van der Waals surface area contributed by atoms with E-state index in [0.717, 1.165) is 11.3 Å². The quantitative estimate of drug-likeness (QED) is 0.840. The van der Waals surface area contributed by atoms with Crippen LogP contribution in [0.2, 0.25) is 0 Å². The molecule has 0 spiro atoms. The van der Waals surface area contributed by atoms with Crippen molar-refractivity contribution < 1.29 is 14.6 Å². The molecule has 1 aromatic rings. The van der Waals surface area contributed by atoms with Crippen molar-refractivity contribution in [1.29, 1.82) is 0 Å². The number of aryl methyl sites for hydroxylation is 1. The Morgan fingerprint density at radius 1 is 1.30 bits per heavy atom. The molecule has 0 saturated carbocycles. The molecule has 4 nitrogen and oxygen atoms in total. The van der Waals surface area contributed by atoms with Crippen LogP contribution in [0.3, 0.4) is 0 Å². The van der Waals surface area contributed by atoms with E-state index in [-0.39, 0.29) is 18.6 Å². The predicted octanol–water partition coefficient (Wildman–Crippen LogP) is 2.38. The van der Waals surface area contributed by atoms with E-state index < -0.39 is 6.10 Å². The van der Waals surface area contributed by atoms with Crippen molar-refractivity contribution in [3.05, 3.63) is 29.3 Å². The Kier molecular flexibility index (Phi) is 6.02. The lowest BCUT2D eigenvalue weighted by atomic mass is 10.0. The number of aliphatic hydroxyl groups is 1. The number of carbonyl (C=O) groups is 1. The average Bonchev–Trinajstić information content (AvgIpc) is 2.40. The third-order valence-electron chi connectivity index (χ3n) is 3.21. The summed E-state index contributed by atoms with van der Waals surface area (Å²) in [6.07, 6.45) is -0.592. The van der Waals surface area contributed by atoms with Crippen molar-refractivity contribution in [2.45, 2.75) is 52.7 Å². The molecule has 0 bridgehead atoms. The number of amides is 1. The highest BCUT2D eigenvalue weighted by Gasteiger charge is 2.17. The first-order chi connectivity index (χ1) is 9.35. The van der Waals surface area contributed by atoms with Crippen LogP contribution in [0.15, 0.2) is 18.2 Å². The Morgan fingerprint density at radius 2 is 1.95 bits per heavy atom. The molecule has 2 unspecified atom stereocenters. The molecule has 0 saturated heterocycles. The van der Waals surface area contributed by atoms with E-state index in [0.29, 0.717) is 5.92 Å². The fraction of sp³-hybridized carbons (Fsp3) is 0.562.